The second-order valence-corrected chi connectivity index (χ2v) is 4.32. The fraction of sp³-hybridized carbons (Fsp3) is 0.385. The molecule has 1 amide bonds. The zero-order valence-corrected chi connectivity index (χ0v) is 11.4. The van der Waals surface area contributed by atoms with Crippen LogP contribution in [-0.2, 0) is 11.3 Å². The molecule has 0 aliphatic carbocycles. The highest BCUT2D eigenvalue weighted by molar-refractivity contribution is 5.92. The lowest BCUT2D eigenvalue weighted by molar-refractivity contribution is -0.131. The van der Waals surface area contributed by atoms with E-state index in [1.54, 1.807) is 11.0 Å². The predicted octanol–water partition coefficient (Wildman–Crippen LogP) is 0.998. The number of benzene rings is 1. The molecule has 0 aliphatic heterocycles. The Balaban J connectivity index is 2.32. The van der Waals surface area contributed by atoms with Gasteiger partial charge in [0, 0.05) is 13.1 Å². The third-order valence-corrected chi connectivity index (χ3v) is 3.16. The highest BCUT2D eigenvalue weighted by atomic mass is 16.4. The van der Waals surface area contributed by atoms with Gasteiger partial charge in [0.15, 0.2) is 0 Å². The maximum Gasteiger partial charge on any atom is 0.335 e. The van der Waals surface area contributed by atoms with E-state index in [-0.39, 0.29) is 18.0 Å². The molecule has 7 heteroatoms. The third-order valence-electron chi connectivity index (χ3n) is 3.16. The van der Waals surface area contributed by atoms with Gasteiger partial charge >= 0.3 is 5.97 Å². The molecule has 0 spiro atoms. The van der Waals surface area contributed by atoms with Crippen molar-refractivity contribution < 1.29 is 14.7 Å². The molecular formula is C13H16N4O3. The summed E-state index contributed by atoms with van der Waals surface area (Å²) in [4.78, 5) is 24.7. The van der Waals surface area contributed by atoms with E-state index in [2.05, 4.69) is 10.3 Å². The molecule has 0 aliphatic rings. The van der Waals surface area contributed by atoms with Crippen LogP contribution in [0.5, 0.6) is 0 Å². The summed E-state index contributed by atoms with van der Waals surface area (Å²) in [6.45, 7) is 5.12. The Hall–Kier alpha value is -2.44. The standard InChI is InChI=1S/C13H16N4O3/c1-3-16(4-2)12(18)8-17-11-7-9(13(19)20)5-6-10(11)14-15-17/h5-7H,3-4,8H2,1-2H3,(H,19,20). The number of amides is 1. The quantitative estimate of drug-likeness (QED) is 0.880. The molecule has 106 valence electrons. The van der Waals surface area contributed by atoms with Gasteiger partial charge in [0.1, 0.15) is 12.1 Å². The molecule has 0 fully saturated rings. The number of hydrogen-bond acceptors (Lipinski definition) is 4. The van der Waals surface area contributed by atoms with Gasteiger partial charge in [-0.1, -0.05) is 5.21 Å². The van der Waals surface area contributed by atoms with Crippen LogP contribution in [0.1, 0.15) is 24.2 Å². The monoisotopic (exact) mass is 276 g/mol. The fourth-order valence-electron chi connectivity index (χ4n) is 2.02. The van der Waals surface area contributed by atoms with E-state index in [4.69, 9.17) is 5.11 Å². The number of nitrogens with zero attached hydrogens (tertiary/aromatic N) is 4. The van der Waals surface area contributed by atoms with Crippen molar-refractivity contribution in [3.05, 3.63) is 23.8 Å². The van der Waals surface area contributed by atoms with Gasteiger partial charge < -0.3 is 10.0 Å². The minimum Gasteiger partial charge on any atom is -0.478 e. The van der Waals surface area contributed by atoms with Crippen molar-refractivity contribution in [3.63, 3.8) is 0 Å². The van der Waals surface area contributed by atoms with Gasteiger partial charge in [0.25, 0.3) is 0 Å². The van der Waals surface area contributed by atoms with Crippen LogP contribution in [0.25, 0.3) is 11.0 Å². The Morgan fingerprint density at radius 3 is 2.60 bits per heavy atom. The van der Waals surface area contributed by atoms with E-state index in [1.807, 2.05) is 13.8 Å². The van der Waals surface area contributed by atoms with Crippen LogP contribution in [0.3, 0.4) is 0 Å². The first kappa shape index (κ1) is 14.0. The largest absolute Gasteiger partial charge is 0.478 e. The second-order valence-electron chi connectivity index (χ2n) is 4.32. The number of carboxylic acid groups (broad SMARTS) is 1. The number of hydrogen-bond donors (Lipinski definition) is 1. The first-order valence-corrected chi connectivity index (χ1v) is 6.41. The maximum absolute atomic E-state index is 12.1. The van der Waals surface area contributed by atoms with Crippen molar-refractivity contribution in [2.24, 2.45) is 0 Å². The van der Waals surface area contributed by atoms with Crippen LogP contribution in [0.2, 0.25) is 0 Å². The summed E-state index contributed by atoms with van der Waals surface area (Å²) in [5.41, 5.74) is 1.27. The number of aromatic carboxylic acids is 1. The number of carbonyl (C=O) groups excluding carboxylic acids is 1. The lowest BCUT2D eigenvalue weighted by Gasteiger charge is -2.18. The van der Waals surface area contributed by atoms with E-state index in [9.17, 15) is 9.59 Å². The molecule has 0 saturated heterocycles. The summed E-state index contributed by atoms with van der Waals surface area (Å²) >= 11 is 0. The SMILES string of the molecule is CCN(CC)C(=O)Cn1nnc2ccc(C(=O)O)cc21. The Kier molecular flexibility index (Phi) is 3.97. The lowest BCUT2D eigenvalue weighted by Crippen LogP contribution is -2.33. The summed E-state index contributed by atoms with van der Waals surface area (Å²) in [7, 11) is 0. The Labute approximate surface area is 115 Å². The average molecular weight is 276 g/mol. The highest BCUT2D eigenvalue weighted by Gasteiger charge is 2.14. The Morgan fingerprint density at radius 2 is 2.00 bits per heavy atom. The molecule has 20 heavy (non-hydrogen) atoms. The van der Waals surface area contributed by atoms with Gasteiger partial charge in [0.2, 0.25) is 5.91 Å². The van der Waals surface area contributed by atoms with Gasteiger partial charge in [0.05, 0.1) is 11.1 Å². The maximum atomic E-state index is 12.1. The molecule has 0 unspecified atom stereocenters. The molecule has 2 rings (SSSR count). The summed E-state index contributed by atoms with van der Waals surface area (Å²) in [5, 5.41) is 16.8. The summed E-state index contributed by atoms with van der Waals surface area (Å²) in [5.74, 6) is -1.09. The van der Waals surface area contributed by atoms with Crippen LogP contribution >= 0.6 is 0 Å². The van der Waals surface area contributed by atoms with Crippen molar-refractivity contribution in [3.8, 4) is 0 Å². The number of carboxylic acids is 1. The number of aromatic nitrogens is 3. The Morgan fingerprint density at radius 1 is 1.30 bits per heavy atom. The van der Waals surface area contributed by atoms with E-state index in [0.717, 1.165) is 0 Å². The van der Waals surface area contributed by atoms with E-state index in [1.165, 1.54) is 16.8 Å². The summed E-state index contributed by atoms with van der Waals surface area (Å²) < 4.78 is 1.43. The van der Waals surface area contributed by atoms with Gasteiger partial charge in [-0.15, -0.1) is 5.10 Å². The van der Waals surface area contributed by atoms with Gasteiger partial charge in [-0.05, 0) is 32.0 Å². The van der Waals surface area contributed by atoms with E-state index in [0.29, 0.717) is 24.1 Å². The smallest absolute Gasteiger partial charge is 0.335 e. The van der Waals surface area contributed by atoms with Crippen molar-refractivity contribution in [2.45, 2.75) is 20.4 Å². The number of fused-ring (bicyclic) bond motifs is 1. The molecule has 0 bridgehead atoms. The van der Waals surface area contributed by atoms with Crippen LogP contribution < -0.4 is 0 Å². The van der Waals surface area contributed by atoms with Crippen LogP contribution in [0.15, 0.2) is 18.2 Å². The fourth-order valence-corrected chi connectivity index (χ4v) is 2.02. The zero-order valence-electron chi connectivity index (χ0n) is 11.4. The molecule has 0 radical (unpaired) electrons. The van der Waals surface area contributed by atoms with Crippen molar-refractivity contribution in [1.82, 2.24) is 19.9 Å². The van der Waals surface area contributed by atoms with Gasteiger partial charge in [-0.2, -0.15) is 0 Å². The molecule has 1 aromatic carbocycles. The minimum absolute atomic E-state index is 0.0568. The van der Waals surface area contributed by atoms with Crippen LogP contribution in [0, 0.1) is 0 Å². The summed E-state index contributed by atoms with van der Waals surface area (Å²) in [6.07, 6.45) is 0. The van der Waals surface area contributed by atoms with Crippen LogP contribution in [-0.4, -0.2) is 50.0 Å². The Bertz CT molecular complexity index is 646. The molecule has 0 atom stereocenters. The average Bonchev–Trinajstić information content (AvgIpc) is 2.82. The van der Waals surface area contributed by atoms with Crippen molar-refractivity contribution in [2.75, 3.05) is 13.1 Å². The lowest BCUT2D eigenvalue weighted by atomic mass is 10.2. The number of carbonyl (C=O) groups is 2. The molecular weight excluding hydrogens is 260 g/mol. The molecule has 1 heterocycles. The van der Waals surface area contributed by atoms with E-state index >= 15 is 0 Å². The van der Waals surface area contributed by atoms with Crippen LogP contribution in [0.4, 0.5) is 0 Å². The topological polar surface area (TPSA) is 88.3 Å². The number of likely N-dealkylation sites (N-methyl/N-ethyl adjacent to an activating group) is 1. The first-order valence-electron chi connectivity index (χ1n) is 6.41. The van der Waals surface area contributed by atoms with Crippen molar-refractivity contribution >= 4 is 22.9 Å². The normalized spacial score (nSPS) is 10.7. The predicted molar refractivity (Wildman–Crippen MR) is 72.4 cm³/mol. The molecule has 2 aromatic rings. The first-order chi connectivity index (χ1) is 9.56. The van der Waals surface area contributed by atoms with Gasteiger partial charge in [-0.3, -0.25) is 4.79 Å². The number of rotatable bonds is 5. The highest BCUT2D eigenvalue weighted by Crippen LogP contribution is 2.14. The minimum atomic E-state index is -1.02. The van der Waals surface area contributed by atoms with Gasteiger partial charge in [-0.25, -0.2) is 9.48 Å². The molecule has 1 aromatic heterocycles. The third kappa shape index (κ3) is 2.61. The second kappa shape index (κ2) is 5.68. The zero-order chi connectivity index (χ0) is 14.7. The van der Waals surface area contributed by atoms with E-state index < -0.39 is 5.97 Å². The molecule has 0 saturated carbocycles. The molecule has 1 N–H and O–H groups in total. The molecule has 7 nitrogen and oxygen atoms in total. The summed E-state index contributed by atoms with van der Waals surface area (Å²) in [6, 6.07) is 4.53. The van der Waals surface area contributed by atoms with Crippen molar-refractivity contribution in [1.29, 1.82) is 0 Å².